The number of nitrogens with one attached hydrogen (secondary N) is 1. The summed E-state index contributed by atoms with van der Waals surface area (Å²) < 4.78 is 10.0. The minimum atomic E-state index is -0.613. The maximum atomic E-state index is 12.4. The van der Waals surface area contributed by atoms with Gasteiger partial charge in [-0.05, 0) is 42.8 Å². The van der Waals surface area contributed by atoms with E-state index in [2.05, 4.69) is 5.32 Å². The maximum absolute atomic E-state index is 12.4. The summed E-state index contributed by atoms with van der Waals surface area (Å²) in [6.45, 7) is 2.44. The van der Waals surface area contributed by atoms with Crippen molar-refractivity contribution in [1.82, 2.24) is 0 Å². The minimum absolute atomic E-state index is 0.0890. The first-order valence-electron chi connectivity index (χ1n) is 7.92. The molecule has 0 aliphatic carbocycles. The number of hydrogen-bond donors (Lipinski definition) is 1. The van der Waals surface area contributed by atoms with E-state index in [9.17, 15) is 14.9 Å². The Kier molecular flexibility index (Phi) is 6.52. The van der Waals surface area contributed by atoms with E-state index < -0.39 is 11.9 Å². The van der Waals surface area contributed by atoms with E-state index >= 15 is 0 Å². The quantitative estimate of drug-likeness (QED) is 0.490. The average molecular weight is 350 g/mol. The number of amides is 1. The number of methoxy groups -OCH3 is 1. The van der Waals surface area contributed by atoms with Gasteiger partial charge in [0.25, 0.3) is 5.91 Å². The van der Waals surface area contributed by atoms with E-state index in [-0.39, 0.29) is 16.8 Å². The highest BCUT2D eigenvalue weighted by Gasteiger charge is 2.15. The second-order valence-electron chi connectivity index (χ2n) is 5.16. The van der Waals surface area contributed by atoms with E-state index in [0.717, 1.165) is 0 Å². The van der Waals surface area contributed by atoms with Crippen molar-refractivity contribution in [2.24, 2.45) is 0 Å². The molecule has 0 saturated carbocycles. The van der Waals surface area contributed by atoms with Gasteiger partial charge in [0.1, 0.15) is 17.4 Å². The molecular formula is C20H18N2O4. The van der Waals surface area contributed by atoms with Crippen molar-refractivity contribution in [3.8, 4) is 11.8 Å². The molecule has 1 N–H and O–H groups in total. The molecule has 0 saturated heterocycles. The van der Waals surface area contributed by atoms with Crippen LogP contribution in [0.3, 0.4) is 0 Å². The Morgan fingerprint density at radius 1 is 1.15 bits per heavy atom. The van der Waals surface area contributed by atoms with Crippen LogP contribution >= 0.6 is 0 Å². The Hall–Kier alpha value is -3.59. The number of carbonyl (C=O) groups excluding carboxylic acids is 2. The van der Waals surface area contributed by atoms with Gasteiger partial charge in [-0.2, -0.15) is 5.26 Å². The van der Waals surface area contributed by atoms with Gasteiger partial charge in [0.05, 0.1) is 25.0 Å². The highest BCUT2D eigenvalue weighted by atomic mass is 16.5. The third-order valence-electron chi connectivity index (χ3n) is 3.45. The molecule has 0 heterocycles. The first-order chi connectivity index (χ1) is 12.6. The normalized spacial score (nSPS) is 10.6. The molecule has 26 heavy (non-hydrogen) atoms. The number of rotatable bonds is 6. The number of ether oxygens (including phenoxy) is 2. The largest absolute Gasteiger partial charge is 0.494 e. The van der Waals surface area contributed by atoms with Crippen molar-refractivity contribution in [2.45, 2.75) is 6.92 Å². The van der Waals surface area contributed by atoms with Crippen molar-refractivity contribution in [3.05, 3.63) is 65.2 Å². The van der Waals surface area contributed by atoms with Crippen LogP contribution in [0, 0.1) is 11.3 Å². The van der Waals surface area contributed by atoms with Gasteiger partial charge < -0.3 is 14.8 Å². The van der Waals surface area contributed by atoms with E-state index in [4.69, 9.17) is 9.47 Å². The fraction of sp³-hybridized carbons (Fsp3) is 0.150. The smallest absolute Gasteiger partial charge is 0.339 e. The van der Waals surface area contributed by atoms with Crippen LogP contribution in [0.1, 0.15) is 22.8 Å². The first kappa shape index (κ1) is 18.7. The van der Waals surface area contributed by atoms with Gasteiger partial charge in [0.15, 0.2) is 0 Å². The average Bonchev–Trinajstić information content (AvgIpc) is 2.67. The predicted octanol–water partition coefficient (Wildman–Crippen LogP) is 3.42. The van der Waals surface area contributed by atoms with E-state index in [1.54, 1.807) is 42.5 Å². The summed E-state index contributed by atoms with van der Waals surface area (Å²) in [6, 6.07) is 15.3. The molecule has 6 nitrogen and oxygen atoms in total. The van der Waals surface area contributed by atoms with Crippen LogP contribution in [-0.4, -0.2) is 25.6 Å². The van der Waals surface area contributed by atoms with Crippen LogP contribution in [0.5, 0.6) is 5.75 Å². The number of anilines is 1. The Bertz CT molecular complexity index is 864. The van der Waals surface area contributed by atoms with E-state index in [0.29, 0.717) is 17.9 Å². The summed E-state index contributed by atoms with van der Waals surface area (Å²) in [5, 5.41) is 11.9. The Labute approximate surface area is 151 Å². The van der Waals surface area contributed by atoms with Crippen molar-refractivity contribution in [2.75, 3.05) is 19.0 Å². The SMILES string of the molecule is CCOc1ccc(/C=C(\C#N)C(=O)Nc2ccccc2C(=O)OC)cc1. The molecule has 0 aliphatic heterocycles. The lowest BCUT2D eigenvalue weighted by Crippen LogP contribution is -2.16. The van der Waals surface area contributed by atoms with Gasteiger partial charge >= 0.3 is 5.97 Å². The Balaban J connectivity index is 2.22. The number of nitrogens with zero attached hydrogens (tertiary/aromatic N) is 1. The van der Waals surface area contributed by atoms with Crippen molar-refractivity contribution in [1.29, 1.82) is 5.26 Å². The highest BCUT2D eigenvalue weighted by molar-refractivity contribution is 6.11. The number of para-hydroxylation sites is 1. The monoisotopic (exact) mass is 350 g/mol. The molecule has 2 aromatic carbocycles. The summed E-state index contributed by atoms with van der Waals surface area (Å²) in [5.41, 5.74) is 1.08. The molecule has 0 aromatic heterocycles. The fourth-order valence-electron chi connectivity index (χ4n) is 2.21. The van der Waals surface area contributed by atoms with Gasteiger partial charge in [-0.3, -0.25) is 4.79 Å². The van der Waals surface area contributed by atoms with Crippen molar-refractivity contribution >= 4 is 23.6 Å². The summed E-state index contributed by atoms with van der Waals surface area (Å²) in [6.07, 6.45) is 1.46. The molecule has 0 unspecified atom stereocenters. The van der Waals surface area contributed by atoms with Crippen LogP contribution in [0.25, 0.3) is 6.08 Å². The van der Waals surface area contributed by atoms with E-state index in [1.165, 1.54) is 19.3 Å². The van der Waals surface area contributed by atoms with Crippen LogP contribution in [0.2, 0.25) is 0 Å². The zero-order valence-electron chi connectivity index (χ0n) is 14.5. The van der Waals surface area contributed by atoms with E-state index in [1.807, 2.05) is 13.0 Å². The van der Waals surface area contributed by atoms with Crippen LogP contribution in [0.15, 0.2) is 54.1 Å². The van der Waals surface area contributed by atoms with Crippen LogP contribution in [-0.2, 0) is 9.53 Å². The number of benzene rings is 2. The Morgan fingerprint density at radius 3 is 2.46 bits per heavy atom. The molecule has 0 aliphatic rings. The topological polar surface area (TPSA) is 88.4 Å². The molecule has 0 spiro atoms. The minimum Gasteiger partial charge on any atom is -0.494 e. The lowest BCUT2D eigenvalue weighted by molar-refractivity contribution is -0.112. The van der Waals surface area contributed by atoms with Crippen LogP contribution < -0.4 is 10.1 Å². The number of nitriles is 1. The lowest BCUT2D eigenvalue weighted by Gasteiger charge is -2.09. The fourth-order valence-corrected chi connectivity index (χ4v) is 2.21. The molecule has 0 radical (unpaired) electrons. The molecule has 1 amide bonds. The molecule has 0 bridgehead atoms. The zero-order valence-corrected chi connectivity index (χ0v) is 14.5. The molecule has 0 fully saturated rings. The molecule has 2 rings (SSSR count). The van der Waals surface area contributed by atoms with Gasteiger partial charge in [-0.25, -0.2) is 4.79 Å². The molecule has 132 valence electrons. The predicted molar refractivity (Wildman–Crippen MR) is 97.6 cm³/mol. The summed E-state index contributed by atoms with van der Waals surface area (Å²) in [4.78, 5) is 24.2. The second kappa shape index (κ2) is 9.04. The van der Waals surface area contributed by atoms with Gasteiger partial charge in [-0.15, -0.1) is 0 Å². The van der Waals surface area contributed by atoms with Gasteiger partial charge in [-0.1, -0.05) is 24.3 Å². The molecule has 6 heteroatoms. The Morgan fingerprint density at radius 2 is 1.85 bits per heavy atom. The zero-order chi connectivity index (χ0) is 18.9. The van der Waals surface area contributed by atoms with Crippen LogP contribution in [0.4, 0.5) is 5.69 Å². The standard InChI is InChI=1S/C20H18N2O4/c1-3-26-16-10-8-14(9-11-16)12-15(13-21)19(23)22-18-7-5-4-6-17(18)20(24)25-2/h4-12H,3H2,1-2H3,(H,22,23)/b15-12+. The summed E-state index contributed by atoms with van der Waals surface area (Å²) in [7, 11) is 1.26. The summed E-state index contributed by atoms with van der Waals surface area (Å²) in [5.74, 6) is -0.479. The molecule has 2 aromatic rings. The summed E-state index contributed by atoms with van der Waals surface area (Å²) >= 11 is 0. The second-order valence-corrected chi connectivity index (χ2v) is 5.16. The highest BCUT2D eigenvalue weighted by Crippen LogP contribution is 2.18. The molecular weight excluding hydrogens is 332 g/mol. The van der Waals surface area contributed by atoms with Gasteiger partial charge in [0.2, 0.25) is 0 Å². The first-order valence-corrected chi connectivity index (χ1v) is 7.92. The third kappa shape index (κ3) is 4.71. The van der Waals surface area contributed by atoms with Crippen molar-refractivity contribution < 1.29 is 19.1 Å². The number of hydrogen-bond acceptors (Lipinski definition) is 5. The van der Waals surface area contributed by atoms with Gasteiger partial charge in [0, 0.05) is 0 Å². The third-order valence-corrected chi connectivity index (χ3v) is 3.45. The molecule has 0 atom stereocenters. The maximum Gasteiger partial charge on any atom is 0.339 e. The number of carbonyl (C=O) groups is 2. The number of esters is 1. The lowest BCUT2D eigenvalue weighted by atomic mass is 10.1. The van der Waals surface area contributed by atoms with Crippen molar-refractivity contribution in [3.63, 3.8) is 0 Å².